The summed E-state index contributed by atoms with van der Waals surface area (Å²) in [7, 11) is 1.18. The lowest BCUT2D eigenvalue weighted by atomic mass is 10.5. The van der Waals surface area contributed by atoms with Crippen LogP contribution in [0.25, 0.3) is 0 Å². The second kappa shape index (κ2) is 6.56. The minimum atomic E-state index is -1.17. The predicted molar refractivity (Wildman–Crippen MR) is 37.3 cm³/mol. The fraction of sp³-hybridized carbons (Fsp3) is 0.200. The molecule has 4 nitrogen and oxygen atoms in total. The van der Waals surface area contributed by atoms with Gasteiger partial charge in [-0.05, 0) is 0 Å². The van der Waals surface area contributed by atoms with Crippen molar-refractivity contribution in [1.29, 1.82) is 0 Å². The summed E-state index contributed by atoms with van der Waals surface area (Å²) < 4.78 is 4.11. The molecule has 0 rings (SSSR count). The first-order valence-electron chi connectivity index (χ1n) is 2.15. The largest absolute Gasteiger partial charge is 0.478 e. The molecule has 0 fully saturated rings. The summed E-state index contributed by atoms with van der Waals surface area (Å²) in [5, 5.41) is 7.96. The van der Waals surface area contributed by atoms with Crippen LogP contribution in [0.4, 0.5) is 0 Å². The summed E-state index contributed by atoms with van der Waals surface area (Å²) in [6, 6.07) is 0. The third-order valence-electron chi connectivity index (χ3n) is 0.563. The average Bonchev–Trinajstić information content (AvgIpc) is 1.83. The van der Waals surface area contributed by atoms with Crippen LogP contribution in [0.2, 0.25) is 0 Å². The van der Waals surface area contributed by atoms with Gasteiger partial charge in [0.05, 0.1) is 7.11 Å². The molecule has 10 heavy (non-hydrogen) atoms. The van der Waals surface area contributed by atoms with Crippen molar-refractivity contribution in [1.82, 2.24) is 0 Å². The summed E-state index contributed by atoms with van der Waals surface area (Å²) in [5.41, 5.74) is 0. The molecule has 0 amide bonds. The Morgan fingerprint density at radius 1 is 1.40 bits per heavy atom. The Morgan fingerprint density at radius 2 is 1.90 bits per heavy atom. The summed E-state index contributed by atoms with van der Waals surface area (Å²) in [6.07, 6.45) is 1.55. The van der Waals surface area contributed by atoms with Crippen molar-refractivity contribution in [3.63, 3.8) is 0 Å². The summed E-state index contributed by atoms with van der Waals surface area (Å²) in [4.78, 5) is 19.9. The van der Waals surface area contributed by atoms with E-state index in [1.807, 2.05) is 0 Å². The lowest BCUT2D eigenvalue weighted by Gasteiger charge is -1.85. The van der Waals surface area contributed by atoms with Gasteiger partial charge in [-0.2, -0.15) is 0 Å². The number of esters is 1. The molecule has 0 unspecified atom stereocenters. The molecule has 0 saturated heterocycles. The minimum absolute atomic E-state index is 0. The topological polar surface area (TPSA) is 63.6 Å². The third-order valence-corrected chi connectivity index (χ3v) is 0.563. The average molecular weight is 156 g/mol. The molecule has 0 bridgehead atoms. The number of carbonyl (C=O) groups is 2. The van der Waals surface area contributed by atoms with Crippen LogP contribution >= 0.6 is 0 Å². The van der Waals surface area contributed by atoms with E-state index in [1.54, 1.807) is 0 Å². The SMILES string of the molecule is COC(=O)/C=C/C(=O)O.[MgH2]. The number of hydrogen-bond donors (Lipinski definition) is 1. The van der Waals surface area contributed by atoms with E-state index in [1.165, 1.54) is 7.11 Å². The zero-order valence-electron chi connectivity index (χ0n) is 4.83. The molecule has 0 saturated carbocycles. The van der Waals surface area contributed by atoms with E-state index < -0.39 is 11.9 Å². The Hall–Kier alpha value is -0.554. The highest BCUT2D eigenvalue weighted by Crippen LogP contribution is 1.76. The fourth-order valence-electron chi connectivity index (χ4n) is 0.207. The number of carboxylic acids is 1. The Kier molecular flexibility index (Phi) is 7.98. The molecule has 0 aliphatic carbocycles. The maximum absolute atomic E-state index is 10.1. The molecule has 0 radical (unpaired) electrons. The number of methoxy groups -OCH3 is 1. The van der Waals surface area contributed by atoms with Crippen molar-refractivity contribution in [3.8, 4) is 0 Å². The molecular weight excluding hydrogens is 148 g/mol. The first-order chi connectivity index (χ1) is 4.16. The number of ether oxygens (including phenoxy) is 1. The smallest absolute Gasteiger partial charge is 0.330 e. The standard InChI is InChI=1S/C5H6O4.Mg.2H/c1-9-5(8)3-2-4(6)7;;;/h2-3H,1H3,(H,6,7);;;/b3-2+;;;. The highest BCUT2D eigenvalue weighted by atomic mass is 24.3. The minimum Gasteiger partial charge on any atom is -0.478 e. The monoisotopic (exact) mass is 156 g/mol. The van der Waals surface area contributed by atoms with Crippen LogP contribution in [0, 0.1) is 0 Å². The van der Waals surface area contributed by atoms with E-state index in [2.05, 4.69) is 4.74 Å². The van der Waals surface area contributed by atoms with Crippen LogP contribution in [-0.2, 0) is 14.3 Å². The maximum atomic E-state index is 10.1. The van der Waals surface area contributed by atoms with Gasteiger partial charge in [-0.3, -0.25) is 0 Å². The first kappa shape index (κ1) is 12.2. The number of carbonyl (C=O) groups excluding carboxylic acids is 1. The van der Waals surface area contributed by atoms with Crippen molar-refractivity contribution >= 4 is 35.0 Å². The third kappa shape index (κ3) is 7.45. The molecule has 0 atom stereocenters. The maximum Gasteiger partial charge on any atom is 0.330 e. The molecule has 0 aromatic carbocycles. The van der Waals surface area contributed by atoms with E-state index in [0.717, 1.165) is 6.08 Å². The van der Waals surface area contributed by atoms with Gasteiger partial charge in [-0.1, -0.05) is 0 Å². The van der Waals surface area contributed by atoms with Gasteiger partial charge in [0.15, 0.2) is 0 Å². The molecule has 0 aliphatic rings. The number of carboxylic acid groups (broad SMARTS) is 1. The van der Waals surface area contributed by atoms with E-state index in [4.69, 9.17) is 5.11 Å². The summed E-state index contributed by atoms with van der Waals surface area (Å²) in [5.74, 6) is -1.84. The molecular formula is C5H8MgO4. The lowest BCUT2D eigenvalue weighted by molar-refractivity contribution is -0.136. The van der Waals surface area contributed by atoms with Crippen LogP contribution in [-0.4, -0.2) is 47.2 Å². The second-order valence-corrected chi connectivity index (χ2v) is 1.19. The van der Waals surface area contributed by atoms with Crippen molar-refractivity contribution in [3.05, 3.63) is 12.2 Å². The highest BCUT2D eigenvalue weighted by Gasteiger charge is 1.91. The van der Waals surface area contributed by atoms with Crippen LogP contribution < -0.4 is 0 Å². The lowest BCUT2D eigenvalue weighted by Crippen LogP contribution is -1.96. The van der Waals surface area contributed by atoms with Crippen LogP contribution in [0.5, 0.6) is 0 Å². The normalized spacial score (nSPS) is 8.50. The van der Waals surface area contributed by atoms with E-state index in [9.17, 15) is 9.59 Å². The Labute approximate surface area is 74.0 Å². The molecule has 0 aliphatic heterocycles. The number of hydrogen-bond acceptors (Lipinski definition) is 3. The Balaban J connectivity index is 0. The Bertz CT molecular complexity index is 152. The quantitative estimate of drug-likeness (QED) is 0.313. The molecule has 1 N–H and O–H groups in total. The van der Waals surface area contributed by atoms with Gasteiger partial charge in [0.2, 0.25) is 0 Å². The highest BCUT2D eigenvalue weighted by molar-refractivity contribution is 5.90. The van der Waals surface area contributed by atoms with Gasteiger partial charge in [0, 0.05) is 12.2 Å². The van der Waals surface area contributed by atoms with Crippen molar-refractivity contribution in [2.24, 2.45) is 0 Å². The number of rotatable bonds is 2. The van der Waals surface area contributed by atoms with E-state index in [-0.39, 0.29) is 23.1 Å². The molecule has 54 valence electrons. The Morgan fingerprint density at radius 3 is 2.20 bits per heavy atom. The zero-order chi connectivity index (χ0) is 7.28. The van der Waals surface area contributed by atoms with Crippen molar-refractivity contribution in [2.75, 3.05) is 7.11 Å². The molecule has 5 heteroatoms. The van der Waals surface area contributed by atoms with Gasteiger partial charge in [0.25, 0.3) is 0 Å². The second-order valence-electron chi connectivity index (χ2n) is 1.19. The van der Waals surface area contributed by atoms with Gasteiger partial charge in [-0.25, -0.2) is 9.59 Å². The molecule has 0 aromatic rings. The summed E-state index contributed by atoms with van der Waals surface area (Å²) in [6.45, 7) is 0. The van der Waals surface area contributed by atoms with E-state index >= 15 is 0 Å². The molecule has 0 spiro atoms. The van der Waals surface area contributed by atoms with Crippen LogP contribution in [0.1, 0.15) is 0 Å². The van der Waals surface area contributed by atoms with Crippen LogP contribution in [0.15, 0.2) is 12.2 Å². The van der Waals surface area contributed by atoms with Gasteiger partial charge in [0.1, 0.15) is 0 Å². The predicted octanol–water partition coefficient (Wildman–Crippen LogP) is -1.12. The van der Waals surface area contributed by atoms with Crippen LogP contribution in [0.3, 0.4) is 0 Å². The van der Waals surface area contributed by atoms with Gasteiger partial charge in [-0.15, -0.1) is 0 Å². The van der Waals surface area contributed by atoms with Crippen molar-refractivity contribution < 1.29 is 19.4 Å². The van der Waals surface area contributed by atoms with Gasteiger partial charge >= 0.3 is 35.0 Å². The fourth-order valence-corrected chi connectivity index (χ4v) is 0.207. The number of aliphatic carboxylic acids is 1. The zero-order valence-corrected chi connectivity index (χ0v) is 4.83. The molecule has 0 aromatic heterocycles. The first-order valence-corrected chi connectivity index (χ1v) is 2.15. The molecule has 0 heterocycles. The van der Waals surface area contributed by atoms with Gasteiger partial charge < -0.3 is 9.84 Å². The van der Waals surface area contributed by atoms with Crippen molar-refractivity contribution in [2.45, 2.75) is 0 Å². The van der Waals surface area contributed by atoms with E-state index in [0.29, 0.717) is 6.08 Å². The summed E-state index contributed by atoms with van der Waals surface area (Å²) >= 11 is 0.